The van der Waals surface area contributed by atoms with Gasteiger partial charge >= 0.3 is 5.97 Å². The van der Waals surface area contributed by atoms with Crippen LogP contribution in [0.4, 0.5) is 0 Å². The first-order valence-corrected chi connectivity index (χ1v) is 7.13. The smallest absolute Gasteiger partial charge is 0.326 e. The van der Waals surface area contributed by atoms with E-state index in [0.717, 1.165) is 4.47 Å². The van der Waals surface area contributed by atoms with Crippen molar-refractivity contribution in [1.82, 2.24) is 10.3 Å². The maximum absolute atomic E-state index is 11.9. The van der Waals surface area contributed by atoms with Gasteiger partial charge in [-0.05, 0) is 46.3 Å². The van der Waals surface area contributed by atoms with Gasteiger partial charge in [-0.3, -0.25) is 4.79 Å². The highest BCUT2D eigenvalue weighted by molar-refractivity contribution is 9.10. The summed E-state index contributed by atoms with van der Waals surface area (Å²) in [4.78, 5) is 27.1. The first-order valence-electron chi connectivity index (χ1n) is 6.34. The third kappa shape index (κ3) is 5.69. The number of carbonyl (C=O) groups excluding carboxylic acids is 1. The third-order valence-electron chi connectivity index (χ3n) is 2.75. The van der Waals surface area contributed by atoms with Crippen LogP contribution in [-0.4, -0.2) is 28.0 Å². The van der Waals surface area contributed by atoms with Gasteiger partial charge in [-0.15, -0.1) is 0 Å². The lowest BCUT2D eigenvalue weighted by Crippen LogP contribution is -2.41. The largest absolute Gasteiger partial charge is 0.480 e. The summed E-state index contributed by atoms with van der Waals surface area (Å²) in [5.74, 6) is -1.50. The number of pyridine rings is 1. The van der Waals surface area contributed by atoms with Crippen LogP contribution in [0.2, 0.25) is 0 Å². The molecule has 0 bridgehead atoms. The van der Waals surface area contributed by atoms with E-state index in [4.69, 9.17) is 5.11 Å². The molecule has 0 fully saturated rings. The summed E-state index contributed by atoms with van der Waals surface area (Å²) < 4.78 is 0.761. The molecule has 1 aromatic heterocycles. The zero-order valence-corrected chi connectivity index (χ0v) is 13.4. The van der Waals surface area contributed by atoms with Crippen molar-refractivity contribution in [3.63, 3.8) is 0 Å². The van der Waals surface area contributed by atoms with Gasteiger partial charge in [-0.2, -0.15) is 0 Å². The average Bonchev–Trinajstić information content (AvgIpc) is 2.33. The second kappa shape index (κ2) is 6.83. The van der Waals surface area contributed by atoms with Gasteiger partial charge in [0.25, 0.3) is 5.91 Å². The Kier molecular flexibility index (Phi) is 5.68. The van der Waals surface area contributed by atoms with Crippen LogP contribution in [0.1, 0.15) is 44.1 Å². The first-order chi connectivity index (χ1) is 9.19. The molecule has 0 spiro atoms. The minimum absolute atomic E-state index is 0.0221. The van der Waals surface area contributed by atoms with Gasteiger partial charge in [0.2, 0.25) is 0 Å². The number of amides is 1. The molecular formula is C14H19BrN2O3. The molecule has 1 unspecified atom stereocenters. The fraction of sp³-hybridized carbons (Fsp3) is 0.500. The highest BCUT2D eigenvalue weighted by atomic mass is 79.9. The average molecular weight is 343 g/mol. The van der Waals surface area contributed by atoms with Crippen molar-refractivity contribution in [2.45, 2.75) is 39.7 Å². The molecule has 1 atom stereocenters. The van der Waals surface area contributed by atoms with Crippen LogP contribution < -0.4 is 5.32 Å². The van der Waals surface area contributed by atoms with Gasteiger partial charge in [0.15, 0.2) is 0 Å². The Balaban J connectivity index is 2.68. The van der Waals surface area contributed by atoms with Crippen LogP contribution in [0.15, 0.2) is 22.8 Å². The number of aromatic nitrogens is 1. The Morgan fingerprint density at radius 2 is 2.05 bits per heavy atom. The third-order valence-corrected chi connectivity index (χ3v) is 3.22. The zero-order valence-electron chi connectivity index (χ0n) is 11.8. The van der Waals surface area contributed by atoms with E-state index < -0.39 is 17.9 Å². The molecule has 0 saturated heterocycles. The van der Waals surface area contributed by atoms with E-state index in [9.17, 15) is 9.59 Å². The summed E-state index contributed by atoms with van der Waals surface area (Å²) in [6, 6.07) is 2.33. The molecule has 1 amide bonds. The number of rotatable bonds is 5. The zero-order chi connectivity index (χ0) is 15.3. The number of carboxylic acid groups (broad SMARTS) is 1. The van der Waals surface area contributed by atoms with E-state index in [1.165, 1.54) is 6.20 Å². The van der Waals surface area contributed by atoms with Crippen LogP contribution in [0.5, 0.6) is 0 Å². The van der Waals surface area contributed by atoms with E-state index >= 15 is 0 Å². The molecular weight excluding hydrogens is 324 g/mol. The summed E-state index contributed by atoms with van der Waals surface area (Å²) in [7, 11) is 0. The van der Waals surface area contributed by atoms with Crippen LogP contribution in [-0.2, 0) is 4.79 Å². The standard InChI is InChI=1S/C14H19BrN2O3/c1-14(2,3)7-6-11(13(19)20)17-12(18)10-5-4-9(15)8-16-10/h4-5,8,11H,6-7H2,1-3H3,(H,17,18)(H,19,20). The van der Waals surface area contributed by atoms with Crippen LogP contribution >= 0.6 is 15.9 Å². The Labute approximate surface area is 126 Å². The molecule has 1 heterocycles. The monoisotopic (exact) mass is 342 g/mol. The fourth-order valence-corrected chi connectivity index (χ4v) is 1.81. The molecule has 6 heteroatoms. The number of hydrogen-bond acceptors (Lipinski definition) is 3. The van der Waals surface area contributed by atoms with Gasteiger partial charge in [-0.1, -0.05) is 20.8 Å². The van der Waals surface area contributed by atoms with E-state index in [2.05, 4.69) is 26.2 Å². The molecule has 0 aliphatic carbocycles. The van der Waals surface area contributed by atoms with Gasteiger partial charge in [-0.25, -0.2) is 9.78 Å². The van der Waals surface area contributed by atoms with Gasteiger partial charge in [0.1, 0.15) is 11.7 Å². The van der Waals surface area contributed by atoms with E-state index in [-0.39, 0.29) is 11.1 Å². The minimum Gasteiger partial charge on any atom is -0.480 e. The summed E-state index contributed by atoms with van der Waals surface area (Å²) in [5.41, 5.74) is 0.226. The molecule has 1 rings (SSSR count). The summed E-state index contributed by atoms with van der Waals surface area (Å²) >= 11 is 3.23. The van der Waals surface area contributed by atoms with Crippen molar-refractivity contribution in [2.75, 3.05) is 0 Å². The van der Waals surface area contributed by atoms with E-state index in [1.54, 1.807) is 12.1 Å². The van der Waals surface area contributed by atoms with Crippen molar-refractivity contribution < 1.29 is 14.7 Å². The molecule has 1 aromatic rings. The number of carbonyl (C=O) groups is 2. The minimum atomic E-state index is -1.03. The van der Waals surface area contributed by atoms with Crippen molar-refractivity contribution in [2.24, 2.45) is 5.41 Å². The second-order valence-corrected chi connectivity index (χ2v) is 6.74. The van der Waals surface area contributed by atoms with E-state index in [1.807, 2.05) is 20.8 Å². The van der Waals surface area contributed by atoms with Gasteiger partial charge < -0.3 is 10.4 Å². The lowest BCUT2D eigenvalue weighted by molar-refractivity contribution is -0.139. The predicted molar refractivity (Wildman–Crippen MR) is 79.5 cm³/mol. The Hall–Kier alpha value is -1.43. The number of nitrogens with zero attached hydrogens (tertiary/aromatic N) is 1. The van der Waals surface area contributed by atoms with Crippen LogP contribution in [0, 0.1) is 5.41 Å². The SMILES string of the molecule is CC(C)(C)CCC(NC(=O)c1ccc(Br)cn1)C(=O)O. The number of nitrogens with one attached hydrogen (secondary N) is 1. The molecule has 0 saturated carbocycles. The number of halogens is 1. The first kappa shape index (κ1) is 16.6. The van der Waals surface area contributed by atoms with Crippen molar-refractivity contribution in [3.05, 3.63) is 28.5 Å². The van der Waals surface area contributed by atoms with Gasteiger partial charge in [0.05, 0.1) is 0 Å². The Morgan fingerprint density at radius 1 is 1.40 bits per heavy atom. The summed E-state index contributed by atoms with van der Waals surface area (Å²) in [6.45, 7) is 6.10. The maximum atomic E-state index is 11.9. The van der Waals surface area contributed by atoms with Crippen molar-refractivity contribution in [1.29, 1.82) is 0 Å². The van der Waals surface area contributed by atoms with Gasteiger partial charge in [0, 0.05) is 10.7 Å². The molecule has 0 aliphatic heterocycles. The molecule has 5 nitrogen and oxygen atoms in total. The lowest BCUT2D eigenvalue weighted by atomic mass is 9.88. The summed E-state index contributed by atoms with van der Waals surface area (Å²) in [6.07, 6.45) is 2.60. The fourth-order valence-electron chi connectivity index (χ4n) is 1.58. The molecule has 0 aromatic carbocycles. The topological polar surface area (TPSA) is 79.3 Å². The molecule has 2 N–H and O–H groups in total. The quantitative estimate of drug-likeness (QED) is 0.862. The highest BCUT2D eigenvalue weighted by Gasteiger charge is 2.23. The van der Waals surface area contributed by atoms with Crippen LogP contribution in [0.25, 0.3) is 0 Å². The second-order valence-electron chi connectivity index (χ2n) is 5.83. The van der Waals surface area contributed by atoms with Crippen LogP contribution in [0.3, 0.4) is 0 Å². The molecule has 0 aliphatic rings. The Morgan fingerprint density at radius 3 is 2.50 bits per heavy atom. The maximum Gasteiger partial charge on any atom is 0.326 e. The predicted octanol–water partition coefficient (Wildman–Crippen LogP) is 2.85. The van der Waals surface area contributed by atoms with E-state index in [0.29, 0.717) is 12.8 Å². The highest BCUT2D eigenvalue weighted by Crippen LogP contribution is 2.21. The number of hydrogen-bond donors (Lipinski definition) is 2. The Bertz CT molecular complexity index is 480. The molecule has 110 valence electrons. The molecule has 20 heavy (non-hydrogen) atoms. The molecule has 0 radical (unpaired) electrons. The number of aliphatic carboxylic acids is 1. The lowest BCUT2D eigenvalue weighted by Gasteiger charge is -2.21. The summed E-state index contributed by atoms with van der Waals surface area (Å²) in [5, 5.41) is 11.7. The normalized spacial score (nSPS) is 12.8. The van der Waals surface area contributed by atoms with Crippen molar-refractivity contribution in [3.8, 4) is 0 Å². The number of carboxylic acids is 1. The van der Waals surface area contributed by atoms with Crippen molar-refractivity contribution >= 4 is 27.8 Å².